The first-order valence-corrected chi connectivity index (χ1v) is 6.37. The van der Waals surface area contributed by atoms with Gasteiger partial charge in [0, 0.05) is 6.42 Å². The van der Waals surface area contributed by atoms with Gasteiger partial charge in [0.1, 0.15) is 0 Å². The molecule has 3 heteroatoms. The number of ether oxygens (including phenoxy) is 2. The standard InChI is InChI=1S/C14H26O3/c1-4-7-8-9-13(15)12-14(16-10-5-2)17-11-6-3/h5-6,13-15H,2-4,7-12H2,1H3. The van der Waals surface area contributed by atoms with Gasteiger partial charge in [0.15, 0.2) is 6.29 Å². The molecule has 0 saturated carbocycles. The highest BCUT2D eigenvalue weighted by Gasteiger charge is 2.14. The predicted octanol–water partition coefficient (Wildman–Crippen LogP) is 3.05. The molecule has 0 aliphatic carbocycles. The van der Waals surface area contributed by atoms with Crippen LogP contribution in [-0.2, 0) is 9.47 Å². The average Bonchev–Trinajstić information content (AvgIpc) is 2.33. The number of hydrogen-bond acceptors (Lipinski definition) is 3. The van der Waals surface area contributed by atoms with Gasteiger partial charge in [-0.25, -0.2) is 0 Å². The van der Waals surface area contributed by atoms with Crippen LogP contribution in [-0.4, -0.2) is 30.7 Å². The van der Waals surface area contributed by atoms with Gasteiger partial charge in [0.2, 0.25) is 0 Å². The van der Waals surface area contributed by atoms with Gasteiger partial charge < -0.3 is 14.6 Å². The Morgan fingerprint density at radius 3 is 2.18 bits per heavy atom. The second-order valence-corrected chi connectivity index (χ2v) is 4.06. The van der Waals surface area contributed by atoms with Crippen molar-refractivity contribution in [3.05, 3.63) is 25.3 Å². The summed E-state index contributed by atoms with van der Waals surface area (Å²) >= 11 is 0. The first-order valence-electron chi connectivity index (χ1n) is 6.37. The molecule has 0 aromatic rings. The average molecular weight is 242 g/mol. The topological polar surface area (TPSA) is 38.7 Å². The Labute approximate surface area is 105 Å². The predicted molar refractivity (Wildman–Crippen MR) is 70.9 cm³/mol. The fraction of sp³-hybridized carbons (Fsp3) is 0.714. The van der Waals surface area contributed by atoms with Crippen molar-refractivity contribution in [2.24, 2.45) is 0 Å². The largest absolute Gasteiger partial charge is 0.393 e. The third-order valence-corrected chi connectivity index (χ3v) is 2.41. The van der Waals surface area contributed by atoms with Crippen LogP contribution >= 0.6 is 0 Å². The summed E-state index contributed by atoms with van der Waals surface area (Å²) in [7, 11) is 0. The Hall–Kier alpha value is -0.640. The molecule has 1 atom stereocenters. The molecule has 0 radical (unpaired) electrons. The van der Waals surface area contributed by atoms with Crippen molar-refractivity contribution in [1.29, 1.82) is 0 Å². The zero-order chi connectivity index (χ0) is 12.9. The summed E-state index contributed by atoms with van der Waals surface area (Å²) in [5, 5.41) is 9.83. The van der Waals surface area contributed by atoms with Crippen molar-refractivity contribution in [1.82, 2.24) is 0 Å². The quantitative estimate of drug-likeness (QED) is 0.325. The maximum Gasteiger partial charge on any atom is 0.160 e. The van der Waals surface area contributed by atoms with Crippen molar-refractivity contribution >= 4 is 0 Å². The van der Waals surface area contributed by atoms with E-state index in [0.29, 0.717) is 19.6 Å². The van der Waals surface area contributed by atoms with Gasteiger partial charge in [0.25, 0.3) is 0 Å². The Morgan fingerprint density at radius 1 is 1.12 bits per heavy atom. The van der Waals surface area contributed by atoms with E-state index in [1.165, 1.54) is 0 Å². The molecule has 1 N–H and O–H groups in total. The molecule has 0 saturated heterocycles. The Bertz CT molecular complexity index is 180. The number of hydrogen-bond donors (Lipinski definition) is 1. The van der Waals surface area contributed by atoms with Crippen LogP contribution in [0.1, 0.15) is 39.0 Å². The van der Waals surface area contributed by atoms with E-state index in [-0.39, 0.29) is 12.4 Å². The van der Waals surface area contributed by atoms with E-state index in [9.17, 15) is 5.11 Å². The molecule has 3 nitrogen and oxygen atoms in total. The van der Waals surface area contributed by atoms with E-state index in [0.717, 1.165) is 25.7 Å². The maximum absolute atomic E-state index is 9.83. The lowest BCUT2D eigenvalue weighted by atomic mass is 10.1. The van der Waals surface area contributed by atoms with Gasteiger partial charge in [0.05, 0.1) is 19.3 Å². The van der Waals surface area contributed by atoms with E-state index in [2.05, 4.69) is 20.1 Å². The molecule has 0 heterocycles. The molecular formula is C14H26O3. The van der Waals surface area contributed by atoms with Crippen LogP contribution in [0.5, 0.6) is 0 Å². The molecule has 0 aromatic carbocycles. The minimum atomic E-state index is -0.373. The highest BCUT2D eigenvalue weighted by Crippen LogP contribution is 2.11. The zero-order valence-electron chi connectivity index (χ0n) is 10.9. The summed E-state index contributed by atoms with van der Waals surface area (Å²) in [6.07, 6.45) is 7.29. The number of aliphatic hydroxyl groups excluding tert-OH is 1. The summed E-state index contributed by atoms with van der Waals surface area (Å²) < 4.78 is 10.8. The molecule has 0 spiro atoms. The zero-order valence-corrected chi connectivity index (χ0v) is 10.9. The van der Waals surface area contributed by atoms with E-state index < -0.39 is 0 Å². The van der Waals surface area contributed by atoms with Gasteiger partial charge in [-0.15, -0.1) is 13.2 Å². The molecule has 0 aliphatic rings. The Balaban J connectivity index is 3.84. The van der Waals surface area contributed by atoms with Gasteiger partial charge in [-0.3, -0.25) is 0 Å². The number of unbranched alkanes of at least 4 members (excludes halogenated alkanes) is 2. The van der Waals surface area contributed by atoms with Gasteiger partial charge >= 0.3 is 0 Å². The van der Waals surface area contributed by atoms with E-state index in [1.54, 1.807) is 12.2 Å². The monoisotopic (exact) mass is 242 g/mol. The third-order valence-electron chi connectivity index (χ3n) is 2.41. The SMILES string of the molecule is C=CCOC(CC(O)CCCCC)OCC=C. The fourth-order valence-corrected chi connectivity index (χ4v) is 1.50. The smallest absolute Gasteiger partial charge is 0.160 e. The fourth-order valence-electron chi connectivity index (χ4n) is 1.50. The van der Waals surface area contributed by atoms with Crippen molar-refractivity contribution in [2.45, 2.75) is 51.4 Å². The first-order chi connectivity index (χ1) is 8.24. The molecule has 0 fully saturated rings. The second-order valence-electron chi connectivity index (χ2n) is 4.06. The van der Waals surface area contributed by atoms with E-state index in [1.807, 2.05) is 0 Å². The lowest BCUT2D eigenvalue weighted by molar-refractivity contribution is -0.144. The number of aliphatic hydroxyl groups is 1. The molecule has 0 rings (SSSR count). The van der Waals surface area contributed by atoms with Gasteiger partial charge in [-0.05, 0) is 6.42 Å². The van der Waals surface area contributed by atoms with Gasteiger partial charge in [-0.1, -0.05) is 38.3 Å². The minimum Gasteiger partial charge on any atom is -0.393 e. The summed E-state index contributed by atoms with van der Waals surface area (Å²) in [5.41, 5.74) is 0. The Morgan fingerprint density at radius 2 is 1.71 bits per heavy atom. The first kappa shape index (κ1) is 16.4. The lowest BCUT2D eigenvalue weighted by Crippen LogP contribution is -2.24. The third kappa shape index (κ3) is 10.2. The van der Waals surface area contributed by atoms with Crippen LogP contribution in [0.4, 0.5) is 0 Å². The molecular weight excluding hydrogens is 216 g/mol. The highest BCUT2D eigenvalue weighted by atomic mass is 16.7. The minimum absolute atomic E-state index is 0.360. The van der Waals surface area contributed by atoms with Crippen molar-refractivity contribution in [3.63, 3.8) is 0 Å². The van der Waals surface area contributed by atoms with Crippen molar-refractivity contribution in [3.8, 4) is 0 Å². The summed E-state index contributed by atoms with van der Waals surface area (Å²) in [6.45, 7) is 10.2. The summed E-state index contributed by atoms with van der Waals surface area (Å²) in [4.78, 5) is 0. The second kappa shape index (κ2) is 11.8. The van der Waals surface area contributed by atoms with E-state index >= 15 is 0 Å². The molecule has 1 unspecified atom stereocenters. The molecule has 100 valence electrons. The van der Waals surface area contributed by atoms with E-state index in [4.69, 9.17) is 9.47 Å². The Kier molecular flexibility index (Phi) is 11.4. The molecule has 0 aromatic heterocycles. The molecule has 17 heavy (non-hydrogen) atoms. The van der Waals surface area contributed by atoms with Gasteiger partial charge in [-0.2, -0.15) is 0 Å². The summed E-state index contributed by atoms with van der Waals surface area (Å²) in [6, 6.07) is 0. The van der Waals surface area contributed by atoms with Crippen LogP contribution in [0.15, 0.2) is 25.3 Å². The van der Waals surface area contributed by atoms with Crippen LogP contribution in [0, 0.1) is 0 Å². The molecule has 0 bridgehead atoms. The highest BCUT2D eigenvalue weighted by molar-refractivity contribution is 4.69. The van der Waals surface area contributed by atoms with Crippen LogP contribution in [0.2, 0.25) is 0 Å². The normalized spacial score (nSPS) is 12.6. The van der Waals surface area contributed by atoms with Crippen molar-refractivity contribution < 1.29 is 14.6 Å². The van der Waals surface area contributed by atoms with Crippen LogP contribution in [0.25, 0.3) is 0 Å². The summed E-state index contributed by atoms with van der Waals surface area (Å²) in [5.74, 6) is 0. The lowest BCUT2D eigenvalue weighted by Gasteiger charge is -2.20. The van der Waals surface area contributed by atoms with Crippen LogP contribution in [0.3, 0.4) is 0 Å². The van der Waals surface area contributed by atoms with Crippen LogP contribution < -0.4 is 0 Å². The van der Waals surface area contributed by atoms with Crippen molar-refractivity contribution in [2.75, 3.05) is 13.2 Å². The number of rotatable bonds is 12. The molecule has 0 aliphatic heterocycles. The maximum atomic E-state index is 9.83. The molecule has 0 amide bonds.